The summed E-state index contributed by atoms with van der Waals surface area (Å²) in [5, 5.41) is 2.68. The lowest BCUT2D eigenvalue weighted by molar-refractivity contribution is -0.132. The number of benzene rings is 2. The van der Waals surface area contributed by atoms with Crippen molar-refractivity contribution in [2.75, 3.05) is 40.3 Å². The first kappa shape index (κ1) is 22.6. The number of carbonyl (C=O) groups is 2. The fourth-order valence-corrected chi connectivity index (χ4v) is 2.54. The van der Waals surface area contributed by atoms with Crippen molar-refractivity contribution >= 4 is 23.6 Å². The van der Waals surface area contributed by atoms with Gasteiger partial charge in [-0.2, -0.15) is 0 Å². The van der Waals surface area contributed by atoms with E-state index in [0.717, 1.165) is 0 Å². The van der Waals surface area contributed by atoms with Gasteiger partial charge in [-0.15, -0.1) is 0 Å². The zero-order valence-electron chi connectivity index (χ0n) is 17.2. The van der Waals surface area contributed by atoms with Crippen LogP contribution in [0.3, 0.4) is 0 Å². The predicted octanol–water partition coefficient (Wildman–Crippen LogP) is 2.24. The van der Waals surface area contributed by atoms with Crippen molar-refractivity contribution in [3.05, 3.63) is 42.0 Å². The number of amides is 1. The molecule has 2 aromatic carbocycles. The molecule has 0 unspecified atom stereocenters. The summed E-state index contributed by atoms with van der Waals surface area (Å²) < 4.78 is 26.2. The Kier molecular flexibility index (Phi) is 8.07. The monoisotopic (exact) mass is 416 g/mol. The number of esters is 1. The average molecular weight is 416 g/mol. The number of nitrogens with one attached hydrogen (secondary N) is 1. The number of hydrogen-bond donors (Lipinski definition) is 2. The van der Waals surface area contributed by atoms with E-state index in [9.17, 15) is 9.59 Å². The number of anilines is 1. The highest BCUT2D eigenvalue weighted by molar-refractivity contribution is 6.02. The zero-order valence-corrected chi connectivity index (χ0v) is 17.2. The second-order valence-electron chi connectivity index (χ2n) is 5.81. The summed E-state index contributed by atoms with van der Waals surface area (Å²) in [5.74, 6) is 0.951. The van der Waals surface area contributed by atoms with E-state index >= 15 is 0 Å². The van der Waals surface area contributed by atoms with Crippen molar-refractivity contribution in [2.45, 2.75) is 0 Å². The van der Waals surface area contributed by atoms with E-state index in [4.69, 9.17) is 29.4 Å². The van der Waals surface area contributed by atoms with Gasteiger partial charge in [0.1, 0.15) is 17.2 Å². The second kappa shape index (κ2) is 10.7. The topological polar surface area (TPSA) is 118 Å². The minimum absolute atomic E-state index is 0.147. The fraction of sp³-hybridized carbons (Fsp3) is 0.238. The lowest BCUT2D eigenvalue weighted by Crippen LogP contribution is -2.19. The number of nitrogens with two attached hydrogens (primary N) is 1. The Hall–Kier alpha value is -3.72. The first-order valence-corrected chi connectivity index (χ1v) is 8.83. The third-order valence-electron chi connectivity index (χ3n) is 3.98. The fourth-order valence-electron chi connectivity index (χ4n) is 2.54. The van der Waals surface area contributed by atoms with E-state index in [-0.39, 0.29) is 12.3 Å². The van der Waals surface area contributed by atoms with Crippen molar-refractivity contribution in [1.29, 1.82) is 0 Å². The summed E-state index contributed by atoms with van der Waals surface area (Å²) >= 11 is 0. The van der Waals surface area contributed by atoms with Crippen LogP contribution in [-0.2, 0) is 9.59 Å². The minimum atomic E-state index is -0.629. The van der Waals surface area contributed by atoms with Crippen molar-refractivity contribution in [3.63, 3.8) is 0 Å². The number of ether oxygens (including phenoxy) is 5. The van der Waals surface area contributed by atoms with Gasteiger partial charge < -0.3 is 34.7 Å². The van der Waals surface area contributed by atoms with Crippen LogP contribution in [0, 0.1) is 0 Å². The van der Waals surface area contributed by atoms with Gasteiger partial charge >= 0.3 is 5.97 Å². The Bertz CT molecular complexity index is 916. The van der Waals surface area contributed by atoms with Gasteiger partial charge in [0.25, 0.3) is 0 Å². The molecule has 9 nitrogen and oxygen atoms in total. The van der Waals surface area contributed by atoms with Crippen molar-refractivity contribution in [1.82, 2.24) is 0 Å². The Labute approximate surface area is 174 Å². The lowest BCUT2D eigenvalue weighted by atomic mass is 10.1. The summed E-state index contributed by atoms with van der Waals surface area (Å²) in [7, 11) is 5.98. The molecule has 0 spiro atoms. The third-order valence-corrected chi connectivity index (χ3v) is 3.98. The molecule has 9 heteroatoms. The lowest BCUT2D eigenvalue weighted by Gasteiger charge is -2.12. The molecule has 0 radical (unpaired) electrons. The molecular weight excluding hydrogens is 392 g/mol. The molecule has 0 saturated heterocycles. The number of carbonyl (C=O) groups excluding carboxylic acids is 2. The first-order chi connectivity index (χ1) is 14.4. The van der Waals surface area contributed by atoms with Crippen molar-refractivity contribution in [2.24, 2.45) is 5.73 Å². The van der Waals surface area contributed by atoms with Gasteiger partial charge in [-0.1, -0.05) is 0 Å². The molecule has 0 bridgehead atoms. The highest BCUT2D eigenvalue weighted by Gasteiger charge is 2.13. The SMILES string of the molecule is COc1cc(OC)c(C=CC(=O)Nc2ccc(OC)c(OC(=O)CN)c2)c(OC)c1. The van der Waals surface area contributed by atoms with Crippen LogP contribution in [-0.4, -0.2) is 46.9 Å². The summed E-state index contributed by atoms with van der Waals surface area (Å²) in [4.78, 5) is 23.9. The number of hydrogen-bond acceptors (Lipinski definition) is 8. The van der Waals surface area contributed by atoms with Gasteiger partial charge in [-0.25, -0.2) is 0 Å². The number of rotatable bonds is 9. The van der Waals surface area contributed by atoms with E-state index in [1.165, 1.54) is 40.6 Å². The quantitative estimate of drug-likeness (QED) is 0.363. The Morgan fingerprint density at radius 1 is 0.900 bits per heavy atom. The maximum Gasteiger partial charge on any atom is 0.325 e. The molecule has 2 aromatic rings. The molecule has 0 atom stereocenters. The van der Waals surface area contributed by atoms with Crippen LogP contribution >= 0.6 is 0 Å². The minimum Gasteiger partial charge on any atom is -0.496 e. The molecule has 160 valence electrons. The Balaban J connectivity index is 2.22. The summed E-state index contributed by atoms with van der Waals surface area (Å²) in [6.07, 6.45) is 2.88. The molecule has 0 heterocycles. The Morgan fingerprint density at radius 3 is 2.07 bits per heavy atom. The third kappa shape index (κ3) is 5.65. The summed E-state index contributed by atoms with van der Waals surface area (Å²) in [6.45, 7) is -0.284. The van der Waals surface area contributed by atoms with E-state index in [1.54, 1.807) is 30.3 Å². The van der Waals surface area contributed by atoms with E-state index in [0.29, 0.717) is 34.2 Å². The van der Waals surface area contributed by atoms with Crippen molar-refractivity contribution in [3.8, 4) is 28.7 Å². The molecule has 0 aliphatic rings. The molecule has 0 aromatic heterocycles. The highest BCUT2D eigenvalue weighted by atomic mass is 16.6. The number of methoxy groups -OCH3 is 4. The molecule has 2 rings (SSSR count). The summed E-state index contributed by atoms with van der Waals surface area (Å²) in [5.41, 5.74) is 6.24. The van der Waals surface area contributed by atoms with Gasteiger partial charge in [0.2, 0.25) is 5.91 Å². The van der Waals surface area contributed by atoms with Crippen LogP contribution in [0.4, 0.5) is 5.69 Å². The maximum absolute atomic E-state index is 12.4. The smallest absolute Gasteiger partial charge is 0.325 e. The van der Waals surface area contributed by atoms with Crippen LogP contribution < -0.4 is 34.7 Å². The molecule has 0 saturated carbocycles. The standard InChI is InChI=1S/C21H24N2O7/c1-26-14-10-17(28-3)15(18(11-14)29-4)6-8-20(24)23-13-5-7-16(27-2)19(9-13)30-21(25)12-22/h5-11H,12,22H2,1-4H3,(H,23,24). The molecular formula is C21H24N2O7. The van der Waals surface area contributed by atoms with Gasteiger partial charge in [-0.3, -0.25) is 9.59 Å². The van der Waals surface area contributed by atoms with Crippen LogP contribution in [0.25, 0.3) is 6.08 Å². The predicted molar refractivity (Wildman–Crippen MR) is 111 cm³/mol. The highest BCUT2D eigenvalue weighted by Crippen LogP contribution is 2.35. The van der Waals surface area contributed by atoms with Crippen molar-refractivity contribution < 1.29 is 33.3 Å². The van der Waals surface area contributed by atoms with E-state index in [2.05, 4.69) is 5.32 Å². The van der Waals surface area contributed by atoms with Gasteiger partial charge in [0.05, 0.1) is 40.5 Å². The van der Waals surface area contributed by atoms with Gasteiger partial charge in [-0.05, 0) is 18.2 Å². The molecule has 0 aliphatic heterocycles. The van der Waals surface area contributed by atoms with Crippen LogP contribution in [0.2, 0.25) is 0 Å². The normalized spacial score (nSPS) is 10.4. The Morgan fingerprint density at radius 2 is 1.53 bits per heavy atom. The van der Waals surface area contributed by atoms with E-state index < -0.39 is 11.9 Å². The largest absolute Gasteiger partial charge is 0.496 e. The zero-order chi connectivity index (χ0) is 22.1. The van der Waals surface area contributed by atoms with Gasteiger partial charge in [0.15, 0.2) is 11.5 Å². The van der Waals surface area contributed by atoms with Crippen LogP contribution in [0.15, 0.2) is 36.4 Å². The molecule has 30 heavy (non-hydrogen) atoms. The molecule has 1 amide bonds. The van der Waals surface area contributed by atoms with E-state index in [1.807, 2.05) is 0 Å². The maximum atomic E-state index is 12.4. The van der Waals surface area contributed by atoms with Gasteiger partial charge in [0, 0.05) is 30.0 Å². The molecule has 0 aliphatic carbocycles. The average Bonchev–Trinajstić information content (AvgIpc) is 2.77. The first-order valence-electron chi connectivity index (χ1n) is 8.83. The second-order valence-corrected chi connectivity index (χ2v) is 5.81. The molecule has 3 N–H and O–H groups in total. The van der Waals surface area contributed by atoms with Crippen LogP contribution in [0.5, 0.6) is 28.7 Å². The van der Waals surface area contributed by atoms with Crippen LogP contribution in [0.1, 0.15) is 5.56 Å². The summed E-state index contributed by atoms with van der Waals surface area (Å²) in [6, 6.07) is 8.00. The molecule has 0 fully saturated rings.